The van der Waals surface area contributed by atoms with Crippen molar-refractivity contribution in [3.63, 3.8) is 0 Å². The molecule has 0 aliphatic carbocycles. The van der Waals surface area contributed by atoms with Crippen LogP contribution in [0.3, 0.4) is 0 Å². The largest absolute Gasteiger partial charge is 0.490 e. The van der Waals surface area contributed by atoms with Crippen LogP contribution < -0.4 is 14.8 Å². The molecule has 1 heterocycles. The van der Waals surface area contributed by atoms with Crippen molar-refractivity contribution in [3.05, 3.63) is 63.3 Å². The average Bonchev–Trinajstić information content (AvgIpc) is 2.94. The van der Waals surface area contributed by atoms with E-state index in [1.807, 2.05) is 38.1 Å². The SMILES string of the molecule is CCOc1cc(/C=C2/NC(=O)N(CC)C2=O)cc(Br)c1OCc1cccc(C)c1. The summed E-state index contributed by atoms with van der Waals surface area (Å²) in [6, 6.07) is 11.3. The quantitative estimate of drug-likeness (QED) is 0.484. The second kappa shape index (κ2) is 9.13. The number of urea groups is 1. The molecule has 1 aliphatic rings. The number of benzene rings is 2. The van der Waals surface area contributed by atoms with E-state index < -0.39 is 6.03 Å². The topological polar surface area (TPSA) is 67.9 Å². The highest BCUT2D eigenvalue weighted by Gasteiger charge is 2.32. The molecular formula is C22H23BrN2O4. The zero-order valence-corrected chi connectivity index (χ0v) is 18.2. The molecule has 1 fully saturated rings. The molecule has 6 nitrogen and oxygen atoms in total. The summed E-state index contributed by atoms with van der Waals surface area (Å²) < 4.78 is 12.5. The van der Waals surface area contributed by atoms with Gasteiger partial charge in [-0.2, -0.15) is 0 Å². The lowest BCUT2D eigenvalue weighted by molar-refractivity contribution is -0.122. The van der Waals surface area contributed by atoms with Crippen LogP contribution in [-0.2, 0) is 11.4 Å². The van der Waals surface area contributed by atoms with Gasteiger partial charge >= 0.3 is 6.03 Å². The number of likely N-dealkylation sites (N-methyl/N-ethyl adjacent to an activating group) is 1. The van der Waals surface area contributed by atoms with Gasteiger partial charge in [-0.1, -0.05) is 29.8 Å². The molecule has 0 saturated carbocycles. The summed E-state index contributed by atoms with van der Waals surface area (Å²) in [6.07, 6.45) is 1.63. The van der Waals surface area contributed by atoms with Gasteiger partial charge < -0.3 is 14.8 Å². The Kier molecular flexibility index (Phi) is 6.59. The molecule has 0 aromatic heterocycles. The van der Waals surface area contributed by atoms with Gasteiger partial charge in [0.05, 0.1) is 11.1 Å². The third-order valence-electron chi connectivity index (χ3n) is 4.39. The van der Waals surface area contributed by atoms with Gasteiger partial charge in [0.2, 0.25) is 0 Å². The Hall–Kier alpha value is -2.80. The van der Waals surface area contributed by atoms with Gasteiger partial charge in [-0.15, -0.1) is 0 Å². The molecule has 3 amide bonds. The van der Waals surface area contributed by atoms with E-state index in [0.717, 1.165) is 10.5 Å². The number of ether oxygens (including phenoxy) is 2. The van der Waals surface area contributed by atoms with Crippen LogP contribution in [0.4, 0.5) is 4.79 Å². The van der Waals surface area contributed by atoms with E-state index in [4.69, 9.17) is 9.47 Å². The van der Waals surface area contributed by atoms with Crippen LogP contribution in [0.5, 0.6) is 11.5 Å². The maximum absolute atomic E-state index is 12.3. The molecule has 2 aromatic carbocycles. The highest BCUT2D eigenvalue weighted by atomic mass is 79.9. The first-order valence-electron chi connectivity index (χ1n) is 9.42. The van der Waals surface area contributed by atoms with Crippen LogP contribution in [0.2, 0.25) is 0 Å². The zero-order chi connectivity index (χ0) is 21.0. The lowest BCUT2D eigenvalue weighted by Crippen LogP contribution is -2.30. The lowest BCUT2D eigenvalue weighted by atomic mass is 10.1. The van der Waals surface area contributed by atoms with Crippen molar-refractivity contribution in [2.75, 3.05) is 13.2 Å². The Morgan fingerprint density at radius 3 is 2.59 bits per heavy atom. The number of nitrogens with zero attached hydrogens (tertiary/aromatic N) is 1. The Labute approximate surface area is 178 Å². The van der Waals surface area contributed by atoms with Crippen molar-refractivity contribution in [1.29, 1.82) is 0 Å². The van der Waals surface area contributed by atoms with Gasteiger partial charge in [0.15, 0.2) is 11.5 Å². The number of carbonyl (C=O) groups excluding carboxylic acids is 2. The Bertz CT molecular complexity index is 971. The summed E-state index contributed by atoms with van der Waals surface area (Å²) in [4.78, 5) is 25.3. The number of nitrogens with one attached hydrogen (secondary N) is 1. The van der Waals surface area contributed by atoms with Crippen LogP contribution >= 0.6 is 15.9 Å². The van der Waals surface area contributed by atoms with Crippen LogP contribution in [0.1, 0.15) is 30.5 Å². The Morgan fingerprint density at radius 2 is 1.93 bits per heavy atom. The fourth-order valence-corrected chi connectivity index (χ4v) is 3.63. The fraction of sp³-hybridized carbons (Fsp3) is 0.273. The van der Waals surface area contributed by atoms with Crippen LogP contribution in [0.15, 0.2) is 46.6 Å². The fourth-order valence-electron chi connectivity index (χ4n) is 3.06. The summed E-state index contributed by atoms with van der Waals surface area (Å²) in [5.41, 5.74) is 3.18. The van der Waals surface area contributed by atoms with Crippen molar-refractivity contribution in [1.82, 2.24) is 10.2 Å². The van der Waals surface area contributed by atoms with Gasteiger partial charge in [0.25, 0.3) is 5.91 Å². The normalized spacial score (nSPS) is 15.0. The number of rotatable bonds is 7. The number of amides is 3. The molecule has 29 heavy (non-hydrogen) atoms. The van der Waals surface area contributed by atoms with Gasteiger partial charge in [0, 0.05) is 6.54 Å². The highest BCUT2D eigenvalue weighted by Crippen LogP contribution is 2.38. The van der Waals surface area contributed by atoms with Crippen molar-refractivity contribution >= 4 is 33.9 Å². The smallest absolute Gasteiger partial charge is 0.328 e. The van der Waals surface area contributed by atoms with Crippen LogP contribution in [-0.4, -0.2) is 30.0 Å². The van der Waals surface area contributed by atoms with E-state index in [1.54, 1.807) is 19.1 Å². The molecule has 2 aromatic rings. The van der Waals surface area contributed by atoms with Gasteiger partial charge in [-0.3, -0.25) is 9.69 Å². The molecule has 1 aliphatic heterocycles. The maximum atomic E-state index is 12.3. The highest BCUT2D eigenvalue weighted by molar-refractivity contribution is 9.10. The molecule has 3 rings (SSSR count). The van der Waals surface area contributed by atoms with Crippen molar-refractivity contribution in [2.24, 2.45) is 0 Å². The summed E-state index contributed by atoms with van der Waals surface area (Å²) in [7, 11) is 0. The third-order valence-corrected chi connectivity index (χ3v) is 4.98. The minimum absolute atomic E-state index is 0.236. The second-order valence-corrected chi connectivity index (χ2v) is 7.43. The summed E-state index contributed by atoms with van der Waals surface area (Å²) in [5, 5.41) is 2.60. The molecule has 1 saturated heterocycles. The second-order valence-electron chi connectivity index (χ2n) is 6.58. The number of hydrogen-bond donors (Lipinski definition) is 1. The van der Waals surface area contributed by atoms with E-state index in [-0.39, 0.29) is 11.6 Å². The predicted octanol–water partition coefficient (Wildman–Crippen LogP) is 4.65. The van der Waals surface area contributed by atoms with Crippen molar-refractivity contribution in [2.45, 2.75) is 27.4 Å². The van der Waals surface area contributed by atoms with E-state index in [9.17, 15) is 9.59 Å². The van der Waals surface area contributed by atoms with Gasteiger partial charge in [-0.25, -0.2) is 4.79 Å². The lowest BCUT2D eigenvalue weighted by Gasteiger charge is -2.15. The molecule has 1 N–H and O–H groups in total. The molecule has 0 unspecified atom stereocenters. The molecule has 7 heteroatoms. The first kappa shape index (κ1) is 20.9. The minimum atomic E-state index is -0.411. The molecule has 0 bridgehead atoms. The number of carbonyl (C=O) groups is 2. The molecular weight excluding hydrogens is 436 g/mol. The van der Waals surface area contributed by atoms with Gasteiger partial charge in [0.1, 0.15) is 12.3 Å². The summed E-state index contributed by atoms with van der Waals surface area (Å²) >= 11 is 3.54. The Balaban J connectivity index is 1.87. The number of aryl methyl sites for hydroxylation is 1. The molecule has 0 atom stereocenters. The van der Waals surface area contributed by atoms with Gasteiger partial charge in [-0.05, 0) is 66.0 Å². The van der Waals surface area contributed by atoms with Crippen LogP contribution in [0.25, 0.3) is 6.08 Å². The molecule has 152 valence electrons. The Morgan fingerprint density at radius 1 is 1.14 bits per heavy atom. The summed E-state index contributed by atoms with van der Waals surface area (Å²) in [6.45, 7) is 6.87. The maximum Gasteiger partial charge on any atom is 0.328 e. The standard InChI is InChI=1S/C22H23BrN2O4/c1-4-25-21(26)18(24-22(25)27)11-16-10-17(23)20(19(12-16)28-5-2)29-13-15-8-6-7-14(3)9-15/h6-12H,4-5,13H2,1-3H3,(H,24,27)/b18-11+. The molecule has 0 spiro atoms. The monoisotopic (exact) mass is 458 g/mol. The van der Waals surface area contributed by atoms with E-state index >= 15 is 0 Å². The predicted molar refractivity (Wildman–Crippen MR) is 115 cm³/mol. The minimum Gasteiger partial charge on any atom is -0.490 e. The van der Waals surface area contributed by atoms with Crippen molar-refractivity contribution in [3.8, 4) is 11.5 Å². The number of hydrogen-bond acceptors (Lipinski definition) is 4. The van der Waals surface area contributed by atoms with Crippen molar-refractivity contribution < 1.29 is 19.1 Å². The third kappa shape index (κ3) is 4.79. The van der Waals surface area contributed by atoms with E-state index in [2.05, 4.69) is 27.3 Å². The number of halogens is 1. The van der Waals surface area contributed by atoms with Crippen LogP contribution in [0, 0.1) is 6.92 Å². The zero-order valence-electron chi connectivity index (χ0n) is 16.6. The molecule has 0 radical (unpaired) electrons. The number of imide groups is 1. The van der Waals surface area contributed by atoms with E-state index in [1.165, 1.54) is 5.56 Å². The summed E-state index contributed by atoms with van der Waals surface area (Å²) in [5.74, 6) is 0.810. The first-order chi connectivity index (χ1) is 13.9. The first-order valence-corrected chi connectivity index (χ1v) is 10.2. The van der Waals surface area contributed by atoms with E-state index in [0.29, 0.717) is 41.3 Å². The average molecular weight is 459 g/mol.